The summed E-state index contributed by atoms with van der Waals surface area (Å²) in [5, 5.41) is 20.5. The molecule has 4 aromatic rings. The summed E-state index contributed by atoms with van der Waals surface area (Å²) in [6.07, 6.45) is -6.33. The Balaban J connectivity index is 1.20. The van der Waals surface area contributed by atoms with Crippen LogP contribution in [0.4, 0.5) is 14.6 Å². The molecule has 2 aliphatic rings. The van der Waals surface area contributed by atoms with E-state index in [-0.39, 0.29) is 47.3 Å². The zero-order valence-corrected chi connectivity index (χ0v) is 24.0. The van der Waals surface area contributed by atoms with Crippen LogP contribution in [-0.4, -0.2) is 88.8 Å². The van der Waals surface area contributed by atoms with E-state index in [1.807, 2.05) is 0 Å². The Kier molecular flexibility index (Phi) is 7.95. The van der Waals surface area contributed by atoms with E-state index in [1.165, 1.54) is 40.1 Å². The number of imidazole rings is 1. The molecule has 0 aromatic carbocycles. The first-order valence-electron chi connectivity index (χ1n) is 13.2. The number of fused-ring (bicyclic) bond motifs is 2. The lowest BCUT2D eigenvalue weighted by atomic mass is 10.0. The van der Waals surface area contributed by atoms with Gasteiger partial charge in [0.25, 0.3) is 17.7 Å². The Labute approximate surface area is 245 Å². The molecule has 6 heterocycles. The molecule has 2 saturated heterocycles. The third-order valence-electron chi connectivity index (χ3n) is 7.70. The molecule has 0 aliphatic carbocycles. The van der Waals surface area contributed by atoms with Crippen molar-refractivity contribution in [3.63, 3.8) is 0 Å². The van der Waals surface area contributed by atoms with Gasteiger partial charge in [-0.25, -0.2) is 18.7 Å². The number of H-pyrrole nitrogens is 2. The highest BCUT2D eigenvalue weighted by Gasteiger charge is 2.55. The quantitative estimate of drug-likeness (QED) is 0.118. The number of aromatic nitrogens is 6. The fourth-order valence-electron chi connectivity index (χ4n) is 5.62. The van der Waals surface area contributed by atoms with Gasteiger partial charge >= 0.3 is 0 Å². The van der Waals surface area contributed by atoms with Gasteiger partial charge in [-0.3, -0.25) is 14.2 Å². The molecule has 15 nitrogen and oxygen atoms in total. The summed E-state index contributed by atoms with van der Waals surface area (Å²) in [5.74, 6) is 0.00460. The van der Waals surface area contributed by atoms with Crippen molar-refractivity contribution in [1.29, 1.82) is 0 Å². The molecule has 1 unspecified atom stereocenters. The molecule has 0 spiro atoms. The Morgan fingerprint density at radius 2 is 1.95 bits per heavy atom. The van der Waals surface area contributed by atoms with Crippen LogP contribution < -0.4 is 16.9 Å². The minimum absolute atomic E-state index is 0.00460. The average Bonchev–Trinajstić information content (AvgIpc) is 3.65. The van der Waals surface area contributed by atoms with E-state index < -0.39 is 73.1 Å². The van der Waals surface area contributed by atoms with Gasteiger partial charge in [0.05, 0.1) is 49.0 Å². The van der Waals surface area contributed by atoms with E-state index in [9.17, 15) is 24.4 Å². The number of alkyl halides is 2. The van der Waals surface area contributed by atoms with Crippen molar-refractivity contribution >= 4 is 46.7 Å². The van der Waals surface area contributed by atoms with Gasteiger partial charge in [0.1, 0.15) is 35.6 Å². The number of nitrogens with one attached hydrogen (secondary N) is 2. The summed E-state index contributed by atoms with van der Waals surface area (Å²) in [4.78, 5) is 37.3. The molecule has 0 amide bonds. The Hall–Kier alpha value is -3.12. The Bertz CT molecular complexity index is 1820. The van der Waals surface area contributed by atoms with Crippen LogP contribution in [-0.2, 0) is 18.6 Å². The number of nitrogens with two attached hydrogens (primary N) is 1. The first kappa shape index (κ1) is 29.9. The van der Waals surface area contributed by atoms with Crippen molar-refractivity contribution in [3.8, 4) is 0 Å². The van der Waals surface area contributed by atoms with Crippen molar-refractivity contribution in [2.45, 2.75) is 61.6 Å². The number of aliphatic hydroxyl groups is 2. The van der Waals surface area contributed by atoms with Crippen molar-refractivity contribution in [2.75, 3.05) is 18.9 Å². The number of nitrogens with zero attached hydrogens (tertiary/aromatic N) is 4. The molecule has 2 aliphatic heterocycles. The van der Waals surface area contributed by atoms with Crippen LogP contribution in [0.2, 0.25) is 0 Å². The summed E-state index contributed by atoms with van der Waals surface area (Å²) in [7, 11) is 0. The minimum Gasteiger partial charge on any atom is -0.394 e. The van der Waals surface area contributed by atoms with Crippen molar-refractivity contribution in [3.05, 3.63) is 51.7 Å². The predicted molar refractivity (Wildman–Crippen MR) is 151 cm³/mol. The molecule has 0 bridgehead atoms. The fraction of sp³-hybridized carbons (Fsp3) is 0.500. The maximum Gasteiger partial charge on any atom is 0.277 e. The number of aliphatic hydroxyl groups excluding tert-OH is 2. The fourth-order valence-corrected chi connectivity index (χ4v) is 8.22. The largest absolute Gasteiger partial charge is 0.394 e. The van der Waals surface area contributed by atoms with Crippen LogP contribution in [0.5, 0.6) is 0 Å². The highest BCUT2D eigenvalue weighted by atomic mass is 32.7. The summed E-state index contributed by atoms with van der Waals surface area (Å²) >= 11 is 4.19. The topological polar surface area (TPSA) is 213 Å². The monoisotopic (exact) mass is 643 g/mol. The Morgan fingerprint density at radius 1 is 1.19 bits per heavy atom. The zero-order valence-electron chi connectivity index (χ0n) is 22.2. The number of hydrogen-bond donors (Lipinski definition) is 6. The van der Waals surface area contributed by atoms with Crippen LogP contribution in [0.15, 0.2) is 40.6 Å². The number of nitrogen functional groups attached to an aromatic ring is 1. The smallest absolute Gasteiger partial charge is 0.277 e. The lowest BCUT2D eigenvalue weighted by Crippen LogP contribution is -2.43. The van der Waals surface area contributed by atoms with E-state index in [4.69, 9.17) is 19.7 Å². The second kappa shape index (κ2) is 11.4. The molecule has 0 saturated carbocycles. The zero-order chi connectivity index (χ0) is 30.6. The number of hydrogen-bond acceptors (Lipinski definition) is 11. The predicted octanol–water partition coefficient (Wildman–Crippen LogP) is 1.16. The number of pyridine rings is 1. The first-order valence-corrected chi connectivity index (χ1v) is 16.1. The lowest BCUT2D eigenvalue weighted by Gasteiger charge is -2.37. The molecular formula is C24H28F2N7O8PS. The summed E-state index contributed by atoms with van der Waals surface area (Å²) in [5.41, 5.74) is 3.56. The highest BCUT2D eigenvalue weighted by molar-refractivity contribution is 8.46. The molecule has 4 aromatic heterocycles. The van der Waals surface area contributed by atoms with Crippen LogP contribution >= 0.6 is 18.8 Å². The highest BCUT2D eigenvalue weighted by Crippen LogP contribution is 2.64. The maximum absolute atomic E-state index is 15.5. The normalized spacial score (nSPS) is 31.1. The standard InChI is InChI=1S/C24H28F2N7O8PS/c25-11-5-13(35)14(40-23(11)32-3-1-10-20(32)28-8-29-21(10)36)2-4-39-42(38,43)19-17(26)15(7-34)41-24(19)33-9-30-18-12(33)6-16(27)31-22(18)37/h1,3,6,8-9,11,13-15,17,19,23-24,34-35H,2,4-5,7H2,(H,38,43)(H3,27,31,37)(H,28,29,36)/t11-,13+,14-,15-,17-,19-,23-,24-,42?/m1/s1. The maximum atomic E-state index is 15.5. The molecule has 43 heavy (non-hydrogen) atoms. The van der Waals surface area contributed by atoms with Crippen LogP contribution in [0.25, 0.3) is 22.1 Å². The van der Waals surface area contributed by atoms with E-state index in [2.05, 4.69) is 32.2 Å². The molecule has 232 valence electrons. The van der Waals surface area contributed by atoms with E-state index in [1.54, 1.807) is 0 Å². The van der Waals surface area contributed by atoms with Gasteiger partial charge in [-0.2, -0.15) is 0 Å². The Morgan fingerprint density at radius 3 is 2.72 bits per heavy atom. The van der Waals surface area contributed by atoms with E-state index >= 15 is 8.78 Å². The second-order valence-electron chi connectivity index (χ2n) is 10.4. The lowest BCUT2D eigenvalue weighted by molar-refractivity contribution is -0.181. The number of thiol groups is 1. The summed E-state index contributed by atoms with van der Waals surface area (Å²) in [6, 6.07) is 2.85. The molecule has 6 N–H and O–H groups in total. The number of aromatic amines is 2. The van der Waals surface area contributed by atoms with Gasteiger partial charge in [0, 0.05) is 25.1 Å². The number of anilines is 1. The van der Waals surface area contributed by atoms with Gasteiger partial charge in [-0.05, 0) is 6.07 Å². The average molecular weight is 644 g/mol. The van der Waals surface area contributed by atoms with E-state index in [0.29, 0.717) is 0 Å². The number of rotatable bonds is 8. The van der Waals surface area contributed by atoms with E-state index in [0.717, 1.165) is 0 Å². The van der Waals surface area contributed by atoms with Gasteiger partial charge in [0.2, 0.25) is 0 Å². The van der Waals surface area contributed by atoms with Gasteiger partial charge in [0.15, 0.2) is 18.0 Å². The van der Waals surface area contributed by atoms with Crippen molar-refractivity contribution in [1.82, 2.24) is 29.1 Å². The van der Waals surface area contributed by atoms with Gasteiger partial charge < -0.3 is 49.0 Å². The van der Waals surface area contributed by atoms with Gasteiger partial charge in [-0.15, -0.1) is 0 Å². The first-order chi connectivity index (χ1) is 20.5. The molecule has 2 fully saturated rings. The molecule has 19 heteroatoms. The van der Waals surface area contributed by atoms with Crippen LogP contribution in [0, 0.1) is 0 Å². The molecule has 0 radical (unpaired) electrons. The SMILES string of the molecule is Nc1cc2c(ncn2[C@@H]2O[C@H](CO)[C@@H](F)[C@H]2P(=O)(S)OCC[C@H]2O[C@@H](n3ccc4c(=O)[nH]cnc43)[C@H](F)C[C@@H]2O)c(=O)[nH]1. The second-order valence-corrected chi connectivity index (χ2v) is 14.0. The van der Waals surface area contributed by atoms with Gasteiger partial charge in [-0.1, -0.05) is 12.2 Å². The summed E-state index contributed by atoms with van der Waals surface area (Å²) in [6.45, 7) is -5.27. The molecule has 9 atom stereocenters. The number of halogens is 2. The molecule has 6 rings (SSSR count). The minimum atomic E-state index is -4.19. The van der Waals surface area contributed by atoms with Crippen LogP contribution in [0.3, 0.4) is 0 Å². The third-order valence-corrected chi connectivity index (χ3v) is 10.7. The van der Waals surface area contributed by atoms with Crippen molar-refractivity contribution < 1.29 is 37.6 Å². The summed E-state index contributed by atoms with van der Waals surface area (Å²) < 4.78 is 64.1. The third kappa shape index (κ3) is 5.30. The number of ether oxygens (including phenoxy) is 2. The molecular weight excluding hydrogens is 615 g/mol. The van der Waals surface area contributed by atoms with Crippen LogP contribution in [0.1, 0.15) is 25.3 Å². The van der Waals surface area contributed by atoms with Crippen molar-refractivity contribution in [2.24, 2.45) is 0 Å².